The van der Waals surface area contributed by atoms with Gasteiger partial charge < -0.3 is 5.11 Å². The highest BCUT2D eigenvalue weighted by Gasteiger charge is 2.24. The van der Waals surface area contributed by atoms with Gasteiger partial charge in [-0.3, -0.25) is 0 Å². The van der Waals surface area contributed by atoms with Crippen molar-refractivity contribution in [2.24, 2.45) is 0 Å². The van der Waals surface area contributed by atoms with Gasteiger partial charge in [-0.05, 0) is 24.6 Å². The molecule has 0 aliphatic heterocycles. The molecule has 0 aliphatic carbocycles. The van der Waals surface area contributed by atoms with Gasteiger partial charge in [-0.15, -0.1) is 0 Å². The normalized spacial score (nSPS) is 12.5. The van der Waals surface area contributed by atoms with Crippen LogP contribution in [0.5, 0.6) is 0 Å². The molecule has 2 aromatic carbocycles. The Balaban J connectivity index is 2.57. The summed E-state index contributed by atoms with van der Waals surface area (Å²) in [5.41, 5.74) is -1.17. The Hall–Kier alpha value is -1.88. The van der Waals surface area contributed by atoms with Gasteiger partial charge in [0.15, 0.2) is 11.6 Å². The van der Waals surface area contributed by atoms with Crippen LogP contribution in [0.3, 0.4) is 0 Å². The van der Waals surface area contributed by atoms with Gasteiger partial charge in [0.05, 0.1) is 5.56 Å². The van der Waals surface area contributed by atoms with E-state index in [2.05, 4.69) is 0 Å². The number of halogens is 4. The largest absolute Gasteiger partial charge is 0.383 e. The van der Waals surface area contributed by atoms with Crippen LogP contribution in [-0.4, -0.2) is 5.11 Å². The quantitative estimate of drug-likeness (QED) is 0.826. The second kappa shape index (κ2) is 5.01. The third-order valence-corrected chi connectivity index (χ3v) is 2.87. The molecule has 0 fully saturated rings. The van der Waals surface area contributed by atoms with E-state index in [4.69, 9.17) is 0 Å². The summed E-state index contributed by atoms with van der Waals surface area (Å²) in [6.07, 6.45) is -1.91. The minimum atomic E-state index is -1.91. The maximum atomic E-state index is 13.7. The van der Waals surface area contributed by atoms with Crippen molar-refractivity contribution in [3.63, 3.8) is 0 Å². The lowest BCUT2D eigenvalue weighted by molar-refractivity contribution is 0.202. The van der Waals surface area contributed by atoms with Gasteiger partial charge in [-0.25, -0.2) is 17.6 Å². The summed E-state index contributed by atoms with van der Waals surface area (Å²) in [5.74, 6) is -4.50. The van der Waals surface area contributed by atoms with E-state index in [1.165, 1.54) is 13.0 Å². The Morgan fingerprint density at radius 2 is 1.47 bits per heavy atom. The molecule has 19 heavy (non-hydrogen) atoms. The zero-order chi connectivity index (χ0) is 14.2. The van der Waals surface area contributed by atoms with Gasteiger partial charge in [0.1, 0.15) is 17.7 Å². The molecule has 2 rings (SSSR count). The molecular weight excluding hydrogens is 260 g/mol. The van der Waals surface area contributed by atoms with Crippen molar-refractivity contribution in [3.05, 3.63) is 70.3 Å². The topological polar surface area (TPSA) is 20.2 Å². The molecule has 2 aromatic rings. The molecule has 0 heterocycles. The van der Waals surface area contributed by atoms with E-state index in [0.717, 1.165) is 24.3 Å². The van der Waals surface area contributed by atoms with E-state index < -0.39 is 40.5 Å². The molecule has 0 aromatic heterocycles. The molecule has 5 heteroatoms. The van der Waals surface area contributed by atoms with Gasteiger partial charge in [-0.2, -0.15) is 0 Å². The summed E-state index contributed by atoms with van der Waals surface area (Å²) in [4.78, 5) is 0. The lowest BCUT2D eigenvalue weighted by Crippen LogP contribution is -2.09. The number of aryl methyl sites for hydroxylation is 1. The number of hydrogen-bond donors (Lipinski definition) is 1. The van der Waals surface area contributed by atoms with E-state index in [1.54, 1.807) is 0 Å². The van der Waals surface area contributed by atoms with E-state index >= 15 is 0 Å². The zero-order valence-corrected chi connectivity index (χ0v) is 9.92. The number of rotatable bonds is 2. The van der Waals surface area contributed by atoms with E-state index in [-0.39, 0.29) is 5.56 Å². The predicted octanol–water partition coefficient (Wildman–Crippen LogP) is 3.63. The Labute approximate surface area is 107 Å². The molecule has 0 saturated carbocycles. The van der Waals surface area contributed by atoms with Crippen molar-refractivity contribution in [2.45, 2.75) is 13.0 Å². The van der Waals surface area contributed by atoms with E-state index in [1.807, 2.05) is 0 Å². The molecule has 1 unspecified atom stereocenters. The summed E-state index contributed by atoms with van der Waals surface area (Å²) in [6, 6.07) is 5.32. The van der Waals surface area contributed by atoms with Crippen LogP contribution in [0.15, 0.2) is 30.3 Å². The first-order chi connectivity index (χ1) is 8.93. The standard InChI is InChI=1S/C14H10F4O/c1-7-5-6-8(13(18)12(7)17)14(19)11-9(15)3-2-4-10(11)16/h2-6,14,19H,1H3. The van der Waals surface area contributed by atoms with Crippen molar-refractivity contribution >= 4 is 0 Å². The Morgan fingerprint density at radius 1 is 0.895 bits per heavy atom. The second-order valence-electron chi connectivity index (χ2n) is 4.14. The van der Waals surface area contributed by atoms with Gasteiger partial charge in [0.25, 0.3) is 0 Å². The highest BCUT2D eigenvalue weighted by Crippen LogP contribution is 2.30. The third-order valence-electron chi connectivity index (χ3n) is 2.87. The van der Waals surface area contributed by atoms with Crippen molar-refractivity contribution in [1.82, 2.24) is 0 Å². The summed E-state index contributed by atoms with van der Waals surface area (Å²) in [5, 5.41) is 9.86. The Kier molecular flexibility index (Phi) is 3.57. The van der Waals surface area contributed by atoms with Crippen molar-refractivity contribution < 1.29 is 22.7 Å². The van der Waals surface area contributed by atoms with E-state index in [0.29, 0.717) is 0 Å². The molecule has 100 valence electrons. The number of benzene rings is 2. The number of hydrogen-bond acceptors (Lipinski definition) is 1. The van der Waals surface area contributed by atoms with Gasteiger partial charge in [-0.1, -0.05) is 18.2 Å². The minimum absolute atomic E-state index is 0.0439. The molecule has 0 saturated heterocycles. The smallest absolute Gasteiger partial charge is 0.165 e. The molecule has 0 amide bonds. The second-order valence-corrected chi connectivity index (χ2v) is 4.14. The van der Waals surface area contributed by atoms with E-state index in [9.17, 15) is 22.7 Å². The molecule has 0 aliphatic rings. The molecule has 1 atom stereocenters. The van der Waals surface area contributed by atoms with Crippen LogP contribution >= 0.6 is 0 Å². The van der Waals surface area contributed by atoms with Crippen LogP contribution in [-0.2, 0) is 0 Å². The zero-order valence-electron chi connectivity index (χ0n) is 9.92. The van der Waals surface area contributed by atoms with Gasteiger partial charge in [0, 0.05) is 5.56 Å². The molecule has 1 nitrogen and oxygen atoms in total. The first-order valence-corrected chi connectivity index (χ1v) is 5.50. The Morgan fingerprint density at radius 3 is 2.05 bits per heavy atom. The van der Waals surface area contributed by atoms with Crippen LogP contribution < -0.4 is 0 Å². The lowest BCUT2D eigenvalue weighted by atomic mass is 9.98. The molecule has 1 N–H and O–H groups in total. The monoisotopic (exact) mass is 270 g/mol. The first-order valence-electron chi connectivity index (χ1n) is 5.50. The highest BCUT2D eigenvalue weighted by atomic mass is 19.2. The molecular formula is C14H10F4O. The van der Waals surface area contributed by atoms with Gasteiger partial charge >= 0.3 is 0 Å². The average molecular weight is 270 g/mol. The maximum Gasteiger partial charge on any atom is 0.165 e. The fourth-order valence-corrected chi connectivity index (χ4v) is 1.80. The van der Waals surface area contributed by atoms with Crippen molar-refractivity contribution in [1.29, 1.82) is 0 Å². The van der Waals surface area contributed by atoms with Crippen molar-refractivity contribution in [2.75, 3.05) is 0 Å². The number of aliphatic hydroxyl groups is 1. The average Bonchev–Trinajstić information content (AvgIpc) is 2.35. The summed E-state index contributed by atoms with van der Waals surface area (Å²) in [7, 11) is 0. The van der Waals surface area contributed by atoms with Crippen LogP contribution in [0, 0.1) is 30.2 Å². The molecule has 0 radical (unpaired) electrons. The summed E-state index contributed by atoms with van der Waals surface area (Å²) in [6.45, 7) is 1.35. The van der Waals surface area contributed by atoms with Crippen LogP contribution in [0.2, 0.25) is 0 Å². The fraction of sp³-hybridized carbons (Fsp3) is 0.143. The van der Waals surface area contributed by atoms with Crippen molar-refractivity contribution in [3.8, 4) is 0 Å². The fourth-order valence-electron chi connectivity index (χ4n) is 1.80. The van der Waals surface area contributed by atoms with Gasteiger partial charge in [0.2, 0.25) is 0 Å². The number of aliphatic hydroxyl groups excluding tert-OH is 1. The lowest BCUT2D eigenvalue weighted by Gasteiger charge is -2.15. The minimum Gasteiger partial charge on any atom is -0.383 e. The predicted molar refractivity (Wildman–Crippen MR) is 61.5 cm³/mol. The maximum absolute atomic E-state index is 13.7. The summed E-state index contributed by atoms with van der Waals surface area (Å²) < 4.78 is 54.0. The first kappa shape index (κ1) is 13.5. The van der Waals surface area contributed by atoms with Crippen LogP contribution in [0.1, 0.15) is 22.8 Å². The third kappa shape index (κ3) is 2.33. The Bertz CT molecular complexity index is 605. The summed E-state index contributed by atoms with van der Waals surface area (Å²) >= 11 is 0. The van der Waals surface area contributed by atoms with Crippen LogP contribution in [0.4, 0.5) is 17.6 Å². The molecule has 0 spiro atoms. The molecule has 0 bridgehead atoms. The SMILES string of the molecule is Cc1ccc(C(O)c2c(F)cccc2F)c(F)c1F. The van der Waals surface area contributed by atoms with Crippen LogP contribution in [0.25, 0.3) is 0 Å². The highest BCUT2D eigenvalue weighted by molar-refractivity contribution is 5.35.